The Labute approximate surface area is 172 Å². The summed E-state index contributed by atoms with van der Waals surface area (Å²) in [5, 5.41) is 2.75. The number of anilines is 3. The number of nitrogen functional groups attached to an aromatic ring is 1. The molecular weight excluding hydrogens is 366 g/mol. The summed E-state index contributed by atoms with van der Waals surface area (Å²) in [4.78, 5) is 14.4. The molecule has 0 aromatic heterocycles. The van der Waals surface area contributed by atoms with E-state index in [4.69, 9.17) is 15.2 Å². The largest absolute Gasteiger partial charge is 0.444 e. The SMILES string of the molecule is CC(C)(C)OC(=O)Nc1cc(N2CCOCC2)c(C#Cc2ccccc2)cc1N. The number of nitrogens with one attached hydrogen (secondary N) is 1. The van der Waals surface area contributed by atoms with Crippen LogP contribution in [0.3, 0.4) is 0 Å². The highest BCUT2D eigenvalue weighted by atomic mass is 16.6. The molecule has 152 valence electrons. The molecule has 0 radical (unpaired) electrons. The third-order valence-corrected chi connectivity index (χ3v) is 4.27. The van der Waals surface area contributed by atoms with Crippen molar-refractivity contribution in [2.75, 3.05) is 42.3 Å². The van der Waals surface area contributed by atoms with Crippen molar-refractivity contribution in [2.45, 2.75) is 26.4 Å². The first-order chi connectivity index (χ1) is 13.8. The second-order valence-corrected chi connectivity index (χ2v) is 7.80. The third-order valence-electron chi connectivity index (χ3n) is 4.27. The van der Waals surface area contributed by atoms with Crippen LogP contribution in [0.15, 0.2) is 42.5 Å². The maximum absolute atomic E-state index is 12.2. The number of amides is 1. The van der Waals surface area contributed by atoms with E-state index in [9.17, 15) is 4.79 Å². The minimum absolute atomic E-state index is 0.435. The summed E-state index contributed by atoms with van der Waals surface area (Å²) < 4.78 is 10.8. The molecule has 0 bridgehead atoms. The second-order valence-electron chi connectivity index (χ2n) is 7.80. The van der Waals surface area contributed by atoms with Crippen LogP contribution in [0.25, 0.3) is 0 Å². The molecule has 1 aliphatic heterocycles. The first-order valence-corrected chi connectivity index (χ1v) is 9.65. The lowest BCUT2D eigenvalue weighted by Gasteiger charge is -2.30. The van der Waals surface area contributed by atoms with Crippen LogP contribution in [0.1, 0.15) is 31.9 Å². The number of carbonyl (C=O) groups is 1. The van der Waals surface area contributed by atoms with Crippen LogP contribution in [-0.4, -0.2) is 38.0 Å². The van der Waals surface area contributed by atoms with E-state index in [1.165, 1.54) is 0 Å². The van der Waals surface area contributed by atoms with Crippen LogP contribution in [0.5, 0.6) is 0 Å². The zero-order valence-electron chi connectivity index (χ0n) is 17.1. The Morgan fingerprint density at radius 1 is 1.14 bits per heavy atom. The highest BCUT2D eigenvalue weighted by molar-refractivity contribution is 5.91. The molecule has 1 fully saturated rings. The lowest BCUT2D eigenvalue weighted by atomic mass is 10.1. The Kier molecular flexibility index (Phi) is 6.30. The van der Waals surface area contributed by atoms with Gasteiger partial charge >= 0.3 is 6.09 Å². The molecule has 3 rings (SSSR count). The van der Waals surface area contributed by atoms with Gasteiger partial charge in [0.25, 0.3) is 0 Å². The molecule has 3 N–H and O–H groups in total. The topological polar surface area (TPSA) is 76.8 Å². The van der Waals surface area contributed by atoms with Gasteiger partial charge in [-0.3, -0.25) is 5.32 Å². The molecule has 0 saturated carbocycles. The molecule has 29 heavy (non-hydrogen) atoms. The van der Waals surface area contributed by atoms with Gasteiger partial charge in [0.1, 0.15) is 5.60 Å². The molecular formula is C23H27N3O3. The molecule has 0 spiro atoms. The molecule has 2 aromatic carbocycles. The Morgan fingerprint density at radius 2 is 1.83 bits per heavy atom. The summed E-state index contributed by atoms with van der Waals surface area (Å²) in [6.07, 6.45) is -0.541. The Balaban J connectivity index is 1.94. The van der Waals surface area contributed by atoms with Gasteiger partial charge in [-0.25, -0.2) is 4.79 Å². The number of benzene rings is 2. The predicted molar refractivity (Wildman–Crippen MR) is 116 cm³/mol. The number of rotatable bonds is 2. The van der Waals surface area contributed by atoms with E-state index < -0.39 is 11.7 Å². The number of nitrogens with zero attached hydrogens (tertiary/aromatic N) is 1. The third kappa shape index (κ3) is 5.90. The van der Waals surface area contributed by atoms with Gasteiger partial charge in [-0.15, -0.1) is 0 Å². The van der Waals surface area contributed by atoms with E-state index in [1.54, 1.807) is 6.07 Å². The Hall–Kier alpha value is -3.17. The van der Waals surface area contributed by atoms with Gasteiger partial charge in [0.2, 0.25) is 0 Å². The van der Waals surface area contributed by atoms with Crippen molar-refractivity contribution in [2.24, 2.45) is 0 Å². The molecule has 2 aromatic rings. The number of carbonyl (C=O) groups excluding carboxylic acids is 1. The fourth-order valence-electron chi connectivity index (χ4n) is 2.95. The van der Waals surface area contributed by atoms with Crippen molar-refractivity contribution in [3.8, 4) is 11.8 Å². The quantitative estimate of drug-likeness (QED) is 0.599. The van der Waals surface area contributed by atoms with Crippen LogP contribution in [0, 0.1) is 11.8 Å². The first kappa shape index (κ1) is 20.6. The van der Waals surface area contributed by atoms with E-state index in [-0.39, 0.29) is 0 Å². The Morgan fingerprint density at radius 3 is 2.48 bits per heavy atom. The van der Waals surface area contributed by atoms with E-state index in [1.807, 2.05) is 57.2 Å². The van der Waals surface area contributed by atoms with Crippen LogP contribution in [-0.2, 0) is 9.47 Å². The zero-order chi connectivity index (χ0) is 20.9. The average molecular weight is 393 g/mol. The zero-order valence-corrected chi connectivity index (χ0v) is 17.1. The van der Waals surface area contributed by atoms with Crippen LogP contribution in [0.2, 0.25) is 0 Å². The van der Waals surface area contributed by atoms with Crippen molar-refractivity contribution < 1.29 is 14.3 Å². The minimum atomic E-state index is -0.590. The highest BCUT2D eigenvalue weighted by Gasteiger charge is 2.20. The summed E-state index contributed by atoms with van der Waals surface area (Å²) in [6, 6.07) is 13.4. The van der Waals surface area contributed by atoms with E-state index in [0.29, 0.717) is 24.6 Å². The number of hydrogen-bond donors (Lipinski definition) is 2. The fourth-order valence-corrected chi connectivity index (χ4v) is 2.95. The standard InChI is InChI=1S/C23H27N3O3/c1-23(2,3)29-22(27)25-20-16-21(26-11-13-28-14-12-26)18(15-19(20)24)10-9-17-7-5-4-6-8-17/h4-8,15-16H,11-14,24H2,1-3H3,(H,25,27). The predicted octanol–water partition coefficient (Wildman–Crippen LogP) is 3.85. The number of ether oxygens (including phenoxy) is 2. The molecule has 6 heteroatoms. The number of nitrogens with two attached hydrogens (primary N) is 1. The van der Waals surface area contributed by atoms with Crippen molar-refractivity contribution >= 4 is 23.2 Å². The number of hydrogen-bond acceptors (Lipinski definition) is 5. The first-order valence-electron chi connectivity index (χ1n) is 9.65. The fraction of sp³-hybridized carbons (Fsp3) is 0.348. The summed E-state index contributed by atoms with van der Waals surface area (Å²) >= 11 is 0. The second kappa shape index (κ2) is 8.89. The van der Waals surface area contributed by atoms with Crippen molar-refractivity contribution in [3.63, 3.8) is 0 Å². The summed E-state index contributed by atoms with van der Waals surface area (Å²) in [5.74, 6) is 6.41. The number of morpholine rings is 1. The van der Waals surface area contributed by atoms with Crippen LogP contribution in [0.4, 0.5) is 21.9 Å². The molecule has 0 aliphatic carbocycles. The van der Waals surface area contributed by atoms with Gasteiger partial charge < -0.3 is 20.1 Å². The molecule has 6 nitrogen and oxygen atoms in total. The maximum Gasteiger partial charge on any atom is 0.412 e. The van der Waals surface area contributed by atoms with Crippen molar-refractivity contribution in [1.82, 2.24) is 0 Å². The lowest BCUT2D eigenvalue weighted by molar-refractivity contribution is 0.0636. The van der Waals surface area contributed by atoms with E-state index >= 15 is 0 Å². The maximum atomic E-state index is 12.2. The smallest absolute Gasteiger partial charge is 0.412 e. The summed E-state index contributed by atoms with van der Waals surface area (Å²) in [6.45, 7) is 8.23. The van der Waals surface area contributed by atoms with Crippen molar-refractivity contribution in [3.05, 3.63) is 53.6 Å². The van der Waals surface area contributed by atoms with Gasteiger partial charge in [0.15, 0.2) is 0 Å². The van der Waals surface area contributed by atoms with E-state index in [0.717, 1.165) is 29.9 Å². The van der Waals surface area contributed by atoms with Gasteiger partial charge in [-0.1, -0.05) is 30.0 Å². The van der Waals surface area contributed by atoms with Gasteiger partial charge in [0.05, 0.1) is 35.8 Å². The van der Waals surface area contributed by atoms with Gasteiger partial charge in [0, 0.05) is 18.7 Å². The average Bonchev–Trinajstić information content (AvgIpc) is 2.68. The van der Waals surface area contributed by atoms with Gasteiger partial charge in [-0.05, 0) is 45.0 Å². The van der Waals surface area contributed by atoms with E-state index in [2.05, 4.69) is 22.1 Å². The molecule has 1 amide bonds. The summed E-state index contributed by atoms with van der Waals surface area (Å²) in [5.41, 5.74) is 9.22. The molecule has 0 atom stereocenters. The molecule has 1 aliphatic rings. The Bertz CT molecular complexity index is 918. The summed E-state index contributed by atoms with van der Waals surface area (Å²) in [7, 11) is 0. The molecule has 0 unspecified atom stereocenters. The van der Waals surface area contributed by atoms with Crippen molar-refractivity contribution in [1.29, 1.82) is 0 Å². The highest BCUT2D eigenvalue weighted by Crippen LogP contribution is 2.31. The normalized spacial score (nSPS) is 14.0. The van der Waals surface area contributed by atoms with Crippen LogP contribution < -0.4 is 16.0 Å². The van der Waals surface area contributed by atoms with Crippen LogP contribution >= 0.6 is 0 Å². The molecule has 1 saturated heterocycles. The van der Waals surface area contributed by atoms with Gasteiger partial charge in [-0.2, -0.15) is 0 Å². The minimum Gasteiger partial charge on any atom is -0.444 e. The lowest BCUT2D eigenvalue weighted by Crippen LogP contribution is -2.36. The molecule has 1 heterocycles. The monoisotopic (exact) mass is 393 g/mol.